The molecule has 0 aromatic carbocycles. The molecule has 0 amide bonds. The minimum Gasteiger partial charge on any atom is -0.461 e. The normalized spacial score (nSPS) is 11.6. The fraction of sp³-hybridized carbons (Fsp3) is 0.600. The molecule has 4 nitrogen and oxygen atoms in total. The van der Waals surface area contributed by atoms with Crippen LogP contribution in [0.3, 0.4) is 0 Å². The molecule has 0 bridgehead atoms. The van der Waals surface area contributed by atoms with Crippen LogP contribution < -0.4 is 0 Å². The zero-order valence-electron chi connectivity index (χ0n) is 9.62. The summed E-state index contributed by atoms with van der Waals surface area (Å²) < 4.78 is 44.5. The van der Waals surface area contributed by atoms with Gasteiger partial charge in [0.15, 0.2) is 5.69 Å². The molecule has 0 fully saturated rings. The van der Waals surface area contributed by atoms with Gasteiger partial charge in [-0.25, -0.2) is 9.78 Å². The summed E-state index contributed by atoms with van der Waals surface area (Å²) in [6.45, 7) is 0.564. The Morgan fingerprint density at radius 3 is 2.83 bits per heavy atom. The zero-order chi connectivity index (χ0) is 13.6. The number of nitrogens with zero attached hydrogens (tertiary/aromatic N) is 1. The summed E-state index contributed by atoms with van der Waals surface area (Å²) >= 11 is 1.19. The third-order valence-electron chi connectivity index (χ3n) is 1.76. The van der Waals surface area contributed by atoms with E-state index in [0.717, 1.165) is 0 Å². The maximum Gasteiger partial charge on any atom is 0.411 e. The highest BCUT2D eigenvalue weighted by Gasteiger charge is 2.27. The fourth-order valence-corrected chi connectivity index (χ4v) is 1.82. The number of ether oxygens (including phenoxy) is 2. The lowest BCUT2D eigenvalue weighted by atomic mass is 10.4. The number of thiazole rings is 1. The maximum atomic E-state index is 11.8. The van der Waals surface area contributed by atoms with Crippen LogP contribution in [0.2, 0.25) is 0 Å². The summed E-state index contributed by atoms with van der Waals surface area (Å²) in [5, 5.41) is 2.05. The van der Waals surface area contributed by atoms with Crippen LogP contribution in [0, 0.1) is 0 Å². The van der Waals surface area contributed by atoms with Gasteiger partial charge in [-0.1, -0.05) is 0 Å². The van der Waals surface area contributed by atoms with Gasteiger partial charge in [0.1, 0.15) is 6.61 Å². The molecular formula is C10H12F3NO3S. The molecule has 0 aliphatic heterocycles. The smallest absolute Gasteiger partial charge is 0.411 e. The Morgan fingerprint density at radius 1 is 1.50 bits per heavy atom. The molecular weight excluding hydrogens is 271 g/mol. The van der Waals surface area contributed by atoms with Gasteiger partial charge in [0, 0.05) is 11.8 Å². The third kappa shape index (κ3) is 5.46. The van der Waals surface area contributed by atoms with Crippen LogP contribution in [0.15, 0.2) is 5.38 Å². The molecule has 0 radical (unpaired) electrons. The molecule has 102 valence electrons. The van der Waals surface area contributed by atoms with Crippen LogP contribution in [0.1, 0.15) is 22.4 Å². The second-order valence-corrected chi connectivity index (χ2v) is 4.21. The lowest BCUT2D eigenvalue weighted by molar-refractivity contribution is -0.173. The highest BCUT2D eigenvalue weighted by molar-refractivity contribution is 7.09. The first kappa shape index (κ1) is 14.9. The van der Waals surface area contributed by atoms with Gasteiger partial charge in [-0.3, -0.25) is 0 Å². The molecule has 0 spiro atoms. The summed E-state index contributed by atoms with van der Waals surface area (Å²) in [7, 11) is 0. The average Bonchev–Trinajstić information content (AvgIpc) is 2.72. The molecule has 0 aliphatic rings. The Hall–Kier alpha value is -1.15. The predicted octanol–water partition coefficient (Wildman–Crippen LogP) is 2.44. The van der Waals surface area contributed by atoms with E-state index in [-0.39, 0.29) is 25.3 Å². The van der Waals surface area contributed by atoms with E-state index in [2.05, 4.69) is 9.72 Å². The van der Waals surface area contributed by atoms with E-state index >= 15 is 0 Å². The SMILES string of the molecule is CCOC(=O)c1csc(CCOCC(F)(F)F)n1. The fourth-order valence-electron chi connectivity index (χ4n) is 1.07. The minimum atomic E-state index is -4.32. The van der Waals surface area contributed by atoms with E-state index in [1.807, 2.05) is 0 Å². The van der Waals surface area contributed by atoms with E-state index in [9.17, 15) is 18.0 Å². The largest absolute Gasteiger partial charge is 0.461 e. The standard InChI is InChI=1S/C10H12F3NO3S/c1-2-17-9(15)7-5-18-8(14-7)3-4-16-6-10(11,12)13/h5H,2-4,6H2,1H3. The van der Waals surface area contributed by atoms with Crippen molar-refractivity contribution in [1.29, 1.82) is 0 Å². The van der Waals surface area contributed by atoms with E-state index in [0.29, 0.717) is 5.01 Å². The Labute approximate surface area is 106 Å². The number of halogens is 3. The molecule has 1 aromatic heterocycles. The van der Waals surface area contributed by atoms with E-state index in [1.165, 1.54) is 16.7 Å². The molecule has 18 heavy (non-hydrogen) atoms. The van der Waals surface area contributed by atoms with Crippen LogP contribution >= 0.6 is 11.3 Å². The maximum absolute atomic E-state index is 11.8. The van der Waals surface area contributed by atoms with Gasteiger partial charge < -0.3 is 9.47 Å². The number of alkyl halides is 3. The molecule has 0 saturated carbocycles. The van der Waals surface area contributed by atoms with Crippen molar-refractivity contribution >= 4 is 17.3 Å². The number of aromatic nitrogens is 1. The zero-order valence-corrected chi connectivity index (χ0v) is 10.4. The summed E-state index contributed by atoms with van der Waals surface area (Å²) in [6.07, 6.45) is -4.08. The van der Waals surface area contributed by atoms with E-state index < -0.39 is 18.8 Å². The first-order valence-electron chi connectivity index (χ1n) is 5.18. The molecule has 1 aromatic rings. The molecule has 8 heteroatoms. The predicted molar refractivity (Wildman–Crippen MR) is 58.6 cm³/mol. The van der Waals surface area contributed by atoms with Crippen molar-refractivity contribution < 1.29 is 27.4 Å². The number of hydrogen-bond donors (Lipinski definition) is 0. The third-order valence-corrected chi connectivity index (χ3v) is 2.67. The minimum absolute atomic E-state index is 0.0880. The molecule has 0 N–H and O–H groups in total. The number of rotatable bonds is 6. The monoisotopic (exact) mass is 283 g/mol. The molecule has 1 rings (SSSR count). The first-order valence-corrected chi connectivity index (χ1v) is 6.06. The van der Waals surface area contributed by atoms with Crippen LogP contribution in [0.25, 0.3) is 0 Å². The van der Waals surface area contributed by atoms with Gasteiger partial charge >= 0.3 is 12.1 Å². The van der Waals surface area contributed by atoms with Gasteiger partial charge in [0.25, 0.3) is 0 Å². The van der Waals surface area contributed by atoms with Crippen LogP contribution in [-0.4, -0.2) is 37.0 Å². The number of hydrogen-bond acceptors (Lipinski definition) is 5. The summed E-state index contributed by atoms with van der Waals surface area (Å²) in [5.74, 6) is -0.531. The Bertz CT molecular complexity index is 392. The van der Waals surface area contributed by atoms with Crippen molar-refractivity contribution in [3.05, 3.63) is 16.1 Å². The van der Waals surface area contributed by atoms with Gasteiger partial charge in [-0.15, -0.1) is 11.3 Å². The van der Waals surface area contributed by atoms with Crippen LogP contribution in [0.5, 0.6) is 0 Å². The molecule has 0 saturated heterocycles. The quantitative estimate of drug-likeness (QED) is 0.594. The second kappa shape index (κ2) is 6.69. The average molecular weight is 283 g/mol. The van der Waals surface area contributed by atoms with Crippen molar-refractivity contribution in [1.82, 2.24) is 4.98 Å². The number of carbonyl (C=O) groups excluding carboxylic acids is 1. The number of esters is 1. The Balaban J connectivity index is 2.33. The highest BCUT2D eigenvalue weighted by Crippen LogP contribution is 2.15. The van der Waals surface area contributed by atoms with Crippen molar-refractivity contribution in [2.75, 3.05) is 19.8 Å². The van der Waals surface area contributed by atoms with E-state index in [4.69, 9.17) is 4.74 Å². The van der Waals surface area contributed by atoms with Crippen molar-refractivity contribution in [3.63, 3.8) is 0 Å². The summed E-state index contributed by atoms with van der Waals surface area (Å²) in [6, 6.07) is 0. The lowest BCUT2D eigenvalue weighted by Crippen LogP contribution is -2.17. The lowest BCUT2D eigenvalue weighted by Gasteiger charge is -2.06. The highest BCUT2D eigenvalue weighted by atomic mass is 32.1. The Morgan fingerprint density at radius 2 is 2.22 bits per heavy atom. The van der Waals surface area contributed by atoms with Gasteiger partial charge in [-0.2, -0.15) is 13.2 Å². The number of carbonyl (C=O) groups is 1. The van der Waals surface area contributed by atoms with Crippen molar-refractivity contribution in [2.45, 2.75) is 19.5 Å². The van der Waals surface area contributed by atoms with Crippen molar-refractivity contribution in [3.8, 4) is 0 Å². The topological polar surface area (TPSA) is 48.4 Å². The first-order chi connectivity index (χ1) is 8.42. The molecule has 0 unspecified atom stereocenters. The molecule has 0 atom stereocenters. The molecule has 1 heterocycles. The summed E-state index contributed by atoms with van der Waals surface area (Å²) in [5.41, 5.74) is 0.174. The second-order valence-electron chi connectivity index (χ2n) is 3.26. The van der Waals surface area contributed by atoms with Crippen molar-refractivity contribution in [2.24, 2.45) is 0 Å². The molecule has 0 aliphatic carbocycles. The van der Waals surface area contributed by atoms with Gasteiger partial charge in [-0.05, 0) is 6.92 Å². The van der Waals surface area contributed by atoms with Crippen LogP contribution in [0.4, 0.5) is 13.2 Å². The van der Waals surface area contributed by atoms with Crippen LogP contribution in [-0.2, 0) is 15.9 Å². The van der Waals surface area contributed by atoms with Gasteiger partial charge in [0.05, 0.1) is 18.2 Å². The van der Waals surface area contributed by atoms with E-state index in [1.54, 1.807) is 6.92 Å². The summed E-state index contributed by atoms with van der Waals surface area (Å²) in [4.78, 5) is 15.2. The van der Waals surface area contributed by atoms with Gasteiger partial charge in [0.2, 0.25) is 0 Å². The Kier molecular flexibility index (Phi) is 5.54.